The molecule has 0 bridgehead atoms. The number of benzene rings is 1. The lowest BCUT2D eigenvalue weighted by Gasteiger charge is -2.30. The van der Waals surface area contributed by atoms with Gasteiger partial charge < -0.3 is 20.1 Å². The minimum Gasteiger partial charge on any atom is -0.489 e. The summed E-state index contributed by atoms with van der Waals surface area (Å²) in [5, 5.41) is 9.27. The highest BCUT2D eigenvalue weighted by molar-refractivity contribution is 5.95. The van der Waals surface area contributed by atoms with Crippen molar-refractivity contribution < 1.29 is 19.0 Å². The summed E-state index contributed by atoms with van der Waals surface area (Å²) in [6.45, 7) is 4.03. The van der Waals surface area contributed by atoms with Crippen LogP contribution in [-0.2, 0) is 5.54 Å². The van der Waals surface area contributed by atoms with Crippen molar-refractivity contribution in [1.29, 1.82) is 0 Å². The van der Waals surface area contributed by atoms with Crippen molar-refractivity contribution in [3.05, 3.63) is 39.4 Å². The maximum Gasteiger partial charge on any atom is 0.341 e. The van der Waals surface area contributed by atoms with Crippen LogP contribution in [0.5, 0.6) is 5.75 Å². The lowest BCUT2D eigenvalue weighted by atomic mass is 9.97. The molecule has 7 heteroatoms. The molecule has 0 saturated heterocycles. The number of ether oxygens (including phenoxy) is 1. The maximum atomic E-state index is 14.8. The first-order valence-corrected chi connectivity index (χ1v) is 7.82. The van der Waals surface area contributed by atoms with E-state index in [1.54, 1.807) is 4.57 Å². The lowest BCUT2D eigenvalue weighted by Crippen LogP contribution is -2.30. The Balaban J connectivity index is 2.16. The number of aromatic carboxylic acids is 1. The zero-order valence-electron chi connectivity index (χ0n) is 13.3. The Morgan fingerprint density at radius 3 is 2.75 bits per heavy atom. The number of halogens is 1. The van der Waals surface area contributed by atoms with Gasteiger partial charge in [0.25, 0.3) is 0 Å². The van der Waals surface area contributed by atoms with Gasteiger partial charge in [-0.2, -0.15) is 0 Å². The molecule has 4 rings (SSSR count). The normalized spacial score (nSPS) is 27.8. The quantitative estimate of drug-likeness (QED) is 0.877. The smallest absolute Gasteiger partial charge is 0.341 e. The van der Waals surface area contributed by atoms with Crippen LogP contribution >= 0.6 is 0 Å². The average molecular weight is 332 g/mol. The molecule has 1 fully saturated rings. The van der Waals surface area contributed by atoms with Crippen molar-refractivity contribution in [2.24, 2.45) is 11.7 Å². The van der Waals surface area contributed by atoms with Crippen LogP contribution in [0.15, 0.2) is 17.1 Å². The molecule has 2 heterocycles. The van der Waals surface area contributed by atoms with E-state index in [2.05, 4.69) is 0 Å². The van der Waals surface area contributed by atoms with E-state index in [1.165, 1.54) is 6.20 Å². The summed E-state index contributed by atoms with van der Waals surface area (Å²) in [4.78, 5) is 23.8. The fraction of sp³-hybridized carbons (Fsp3) is 0.412. The molecule has 126 valence electrons. The van der Waals surface area contributed by atoms with Crippen LogP contribution in [0.1, 0.15) is 42.2 Å². The Kier molecular flexibility index (Phi) is 2.88. The first-order valence-electron chi connectivity index (χ1n) is 7.82. The van der Waals surface area contributed by atoms with Gasteiger partial charge in [0.15, 0.2) is 5.75 Å². The second-order valence-electron chi connectivity index (χ2n) is 6.85. The van der Waals surface area contributed by atoms with Crippen LogP contribution in [0.2, 0.25) is 0 Å². The van der Waals surface area contributed by atoms with Crippen LogP contribution in [0.4, 0.5) is 4.39 Å². The van der Waals surface area contributed by atoms with Gasteiger partial charge >= 0.3 is 5.97 Å². The number of aromatic nitrogens is 1. The molecule has 0 radical (unpaired) electrons. The van der Waals surface area contributed by atoms with Crippen molar-refractivity contribution in [2.45, 2.75) is 31.8 Å². The van der Waals surface area contributed by atoms with E-state index >= 15 is 0 Å². The van der Waals surface area contributed by atoms with Gasteiger partial charge in [0, 0.05) is 6.20 Å². The van der Waals surface area contributed by atoms with Gasteiger partial charge in [0.1, 0.15) is 18.0 Å². The van der Waals surface area contributed by atoms with E-state index in [4.69, 9.17) is 10.5 Å². The number of hydrogen-bond donors (Lipinski definition) is 2. The summed E-state index contributed by atoms with van der Waals surface area (Å²) in [5.74, 6) is -1.57. The Morgan fingerprint density at radius 2 is 2.17 bits per heavy atom. The van der Waals surface area contributed by atoms with Gasteiger partial charge in [-0.05, 0) is 25.3 Å². The van der Waals surface area contributed by atoms with Crippen LogP contribution in [0.25, 0.3) is 10.9 Å². The van der Waals surface area contributed by atoms with E-state index in [1.807, 2.05) is 13.8 Å². The molecule has 0 amide bonds. The molecular formula is C17H17FN2O4. The topological polar surface area (TPSA) is 94.6 Å². The predicted octanol–water partition coefficient (Wildman–Crippen LogP) is 1.99. The van der Waals surface area contributed by atoms with E-state index in [9.17, 15) is 19.1 Å². The Bertz CT molecular complexity index is 967. The van der Waals surface area contributed by atoms with E-state index in [0.29, 0.717) is 11.9 Å². The third-order valence-corrected chi connectivity index (χ3v) is 5.23. The number of carboxylic acid groups (broad SMARTS) is 1. The van der Waals surface area contributed by atoms with Gasteiger partial charge in [-0.3, -0.25) is 4.79 Å². The molecule has 0 spiro atoms. The van der Waals surface area contributed by atoms with Crippen LogP contribution in [-0.4, -0.2) is 22.2 Å². The SMILES string of the molecule is CC1COc2c([C@]3(N)CC3C)c(F)cc3c(=O)c(C(=O)O)cn1c23. The molecule has 1 aromatic heterocycles. The number of carboxylic acids is 1. The largest absolute Gasteiger partial charge is 0.489 e. The Morgan fingerprint density at radius 1 is 1.50 bits per heavy atom. The van der Waals surface area contributed by atoms with Crippen LogP contribution in [0.3, 0.4) is 0 Å². The highest BCUT2D eigenvalue weighted by Crippen LogP contribution is 2.54. The predicted molar refractivity (Wildman–Crippen MR) is 85.0 cm³/mol. The van der Waals surface area contributed by atoms with Gasteiger partial charge in [-0.25, -0.2) is 9.18 Å². The summed E-state index contributed by atoms with van der Waals surface area (Å²) in [6, 6.07) is 0.919. The molecule has 1 aliphatic heterocycles. The molecule has 3 N–H and O–H groups in total. The molecule has 2 aliphatic rings. The van der Waals surface area contributed by atoms with Gasteiger partial charge in [0.2, 0.25) is 5.43 Å². The van der Waals surface area contributed by atoms with E-state index in [-0.39, 0.29) is 40.8 Å². The summed E-state index contributed by atoms with van der Waals surface area (Å²) in [7, 11) is 0. The molecule has 24 heavy (non-hydrogen) atoms. The molecule has 1 aliphatic carbocycles. The van der Waals surface area contributed by atoms with Gasteiger partial charge in [-0.15, -0.1) is 0 Å². The number of pyridine rings is 1. The average Bonchev–Trinajstić information content (AvgIpc) is 3.11. The summed E-state index contributed by atoms with van der Waals surface area (Å²) >= 11 is 0. The first kappa shape index (κ1) is 15.1. The zero-order valence-corrected chi connectivity index (χ0v) is 13.3. The van der Waals surface area contributed by atoms with Crippen molar-refractivity contribution in [3.8, 4) is 5.75 Å². The highest BCUT2D eigenvalue weighted by Gasteiger charge is 2.53. The molecule has 1 saturated carbocycles. The minimum atomic E-state index is -1.33. The molecule has 2 unspecified atom stereocenters. The highest BCUT2D eigenvalue weighted by atomic mass is 19.1. The van der Waals surface area contributed by atoms with Crippen molar-refractivity contribution in [2.75, 3.05) is 6.61 Å². The second-order valence-corrected chi connectivity index (χ2v) is 6.85. The van der Waals surface area contributed by atoms with Crippen molar-refractivity contribution in [3.63, 3.8) is 0 Å². The maximum absolute atomic E-state index is 14.8. The molecular weight excluding hydrogens is 315 g/mol. The standard InChI is InChI=1S/C17H17FN2O4/c1-7-4-17(7,19)12-11(18)3-9-13-15(12)24-6-8(2)20(13)5-10(14(9)21)16(22)23/h3,5,7-8H,4,6,19H2,1-2H3,(H,22,23)/t7?,8?,17-/m0/s1. The Hall–Kier alpha value is -2.41. The number of nitrogens with two attached hydrogens (primary N) is 1. The third-order valence-electron chi connectivity index (χ3n) is 5.23. The van der Waals surface area contributed by atoms with Crippen LogP contribution < -0.4 is 15.9 Å². The number of nitrogens with zero attached hydrogens (tertiary/aromatic N) is 1. The van der Waals surface area contributed by atoms with Crippen LogP contribution in [0, 0.1) is 11.7 Å². The molecule has 3 atom stereocenters. The summed E-state index contributed by atoms with van der Waals surface area (Å²) in [6.07, 6.45) is 1.95. The lowest BCUT2D eigenvalue weighted by molar-refractivity contribution is 0.0694. The van der Waals surface area contributed by atoms with Crippen molar-refractivity contribution >= 4 is 16.9 Å². The zero-order chi connectivity index (χ0) is 17.4. The number of carbonyl (C=O) groups is 1. The fourth-order valence-electron chi connectivity index (χ4n) is 3.61. The Labute approximate surface area is 136 Å². The van der Waals surface area contributed by atoms with Gasteiger partial charge in [-0.1, -0.05) is 6.92 Å². The fourth-order valence-corrected chi connectivity index (χ4v) is 3.61. The molecule has 2 aromatic rings. The van der Waals surface area contributed by atoms with E-state index < -0.39 is 22.8 Å². The van der Waals surface area contributed by atoms with Crippen molar-refractivity contribution in [1.82, 2.24) is 4.57 Å². The minimum absolute atomic E-state index is 0.00889. The second kappa shape index (κ2) is 4.57. The number of hydrogen-bond acceptors (Lipinski definition) is 4. The van der Waals surface area contributed by atoms with E-state index in [0.717, 1.165) is 6.07 Å². The monoisotopic (exact) mass is 332 g/mol. The molecule has 6 nitrogen and oxygen atoms in total. The summed E-state index contributed by atoms with van der Waals surface area (Å²) in [5.41, 5.74) is 5.11. The molecule has 1 aromatic carbocycles. The first-order chi connectivity index (χ1) is 11.3. The summed E-state index contributed by atoms with van der Waals surface area (Å²) < 4.78 is 22.2. The third kappa shape index (κ3) is 1.78. The van der Waals surface area contributed by atoms with Gasteiger partial charge in [0.05, 0.1) is 28.0 Å². The number of rotatable bonds is 2.